The van der Waals surface area contributed by atoms with Crippen LogP contribution in [-0.4, -0.2) is 79.7 Å². The molecule has 3 aliphatic carbocycles. The van der Waals surface area contributed by atoms with Crippen LogP contribution in [0.15, 0.2) is 35.1 Å². The Labute approximate surface area is 195 Å². The highest BCUT2D eigenvalue weighted by Crippen LogP contribution is 2.58. The summed E-state index contributed by atoms with van der Waals surface area (Å²) in [6.45, 7) is 3.56. The molecule has 1 aromatic carbocycles. The molecule has 0 bridgehead atoms. The van der Waals surface area contributed by atoms with Gasteiger partial charge in [-0.3, -0.25) is 19.3 Å². The second-order valence-electron chi connectivity index (χ2n) is 9.68. The number of hydrogen-bond acceptors (Lipinski definition) is 9. The molecule has 0 saturated heterocycles. The molecule has 10 heteroatoms. The lowest BCUT2D eigenvalue weighted by Crippen LogP contribution is -2.71. The van der Waals surface area contributed by atoms with Crippen LogP contribution < -0.4 is 5.73 Å². The van der Waals surface area contributed by atoms with Crippen LogP contribution in [0.25, 0.3) is 5.76 Å². The van der Waals surface area contributed by atoms with Crippen molar-refractivity contribution in [3.63, 3.8) is 0 Å². The summed E-state index contributed by atoms with van der Waals surface area (Å²) in [5.74, 6) is -8.31. The highest BCUT2D eigenvalue weighted by molar-refractivity contribution is 6.24. The zero-order chi connectivity index (χ0) is 25.5. The monoisotopic (exact) mass is 472 g/mol. The van der Waals surface area contributed by atoms with E-state index in [4.69, 9.17) is 5.73 Å². The van der Waals surface area contributed by atoms with Gasteiger partial charge in [-0.05, 0) is 32.1 Å². The quantitative estimate of drug-likeness (QED) is 0.331. The normalized spacial score (nSPS) is 35.3. The Bertz CT molecular complexity index is 1200. The summed E-state index contributed by atoms with van der Waals surface area (Å²) in [6, 6.07) is 3.20. The molecule has 0 aliphatic heterocycles. The molecule has 1 amide bonds. The second-order valence-corrected chi connectivity index (χ2v) is 9.68. The molecular formula is C24H28N2O8. The molecule has 34 heavy (non-hydrogen) atoms. The van der Waals surface area contributed by atoms with Gasteiger partial charge in [0.25, 0.3) is 5.91 Å². The van der Waals surface area contributed by atoms with Crippen molar-refractivity contribution in [2.24, 2.45) is 17.6 Å². The number of ketones is 2. The molecule has 0 aromatic heterocycles. The first kappa shape index (κ1) is 23.9. The number of phenols is 1. The summed E-state index contributed by atoms with van der Waals surface area (Å²) < 4.78 is 0. The number of fused-ring (bicyclic) bond motifs is 3. The maximum atomic E-state index is 13.9. The number of primary amides is 1. The third-order valence-corrected chi connectivity index (χ3v) is 7.92. The molecule has 0 heterocycles. The molecule has 4 rings (SSSR count). The minimum atomic E-state index is -2.91. The molecule has 10 nitrogen and oxygen atoms in total. The van der Waals surface area contributed by atoms with Crippen molar-refractivity contribution in [3.8, 4) is 5.75 Å². The van der Waals surface area contributed by atoms with E-state index in [-0.39, 0.29) is 11.3 Å². The maximum absolute atomic E-state index is 13.9. The maximum Gasteiger partial charge on any atom is 0.255 e. The van der Waals surface area contributed by atoms with Crippen LogP contribution in [0.2, 0.25) is 0 Å². The predicted molar refractivity (Wildman–Crippen MR) is 120 cm³/mol. The summed E-state index contributed by atoms with van der Waals surface area (Å²) in [4.78, 5) is 40.5. The van der Waals surface area contributed by atoms with Crippen molar-refractivity contribution >= 4 is 23.2 Å². The highest BCUT2D eigenvalue weighted by atomic mass is 16.4. The van der Waals surface area contributed by atoms with Gasteiger partial charge < -0.3 is 31.3 Å². The van der Waals surface area contributed by atoms with Crippen molar-refractivity contribution in [2.45, 2.75) is 43.4 Å². The third kappa shape index (κ3) is 2.64. The minimum Gasteiger partial charge on any atom is -0.508 e. The van der Waals surface area contributed by atoms with Crippen LogP contribution >= 0.6 is 0 Å². The molecular weight excluding hydrogens is 444 g/mol. The first-order valence-electron chi connectivity index (χ1n) is 10.9. The number of Topliss-reactive ketones (excluding diaryl/α,β-unsaturated/α-hetero) is 2. The number of aliphatic hydroxyl groups is 4. The van der Waals surface area contributed by atoms with E-state index in [1.807, 2.05) is 6.92 Å². The molecule has 1 saturated carbocycles. The summed E-state index contributed by atoms with van der Waals surface area (Å²) in [7, 11) is 2.94. The Kier molecular flexibility index (Phi) is 5.20. The van der Waals surface area contributed by atoms with Gasteiger partial charge in [0.15, 0.2) is 11.4 Å². The van der Waals surface area contributed by atoms with Crippen LogP contribution in [0.5, 0.6) is 5.75 Å². The number of likely N-dealkylation sites (N-methyl/N-ethyl adjacent to an activating group) is 1. The van der Waals surface area contributed by atoms with E-state index in [0.717, 1.165) is 0 Å². The molecule has 1 fully saturated rings. The predicted octanol–water partition coefficient (Wildman–Crippen LogP) is 0.0600. The van der Waals surface area contributed by atoms with Crippen molar-refractivity contribution in [3.05, 3.63) is 46.2 Å². The number of amides is 1. The summed E-state index contributed by atoms with van der Waals surface area (Å²) in [5, 5.41) is 55.9. The Morgan fingerprint density at radius 1 is 1.18 bits per heavy atom. The Morgan fingerprint density at radius 2 is 1.79 bits per heavy atom. The van der Waals surface area contributed by atoms with E-state index in [2.05, 4.69) is 0 Å². The number of aliphatic hydroxyl groups excluding tert-OH is 3. The van der Waals surface area contributed by atoms with Crippen LogP contribution in [-0.2, 0) is 19.8 Å². The van der Waals surface area contributed by atoms with Gasteiger partial charge >= 0.3 is 0 Å². The van der Waals surface area contributed by atoms with E-state index < -0.39 is 75.1 Å². The molecule has 0 radical (unpaired) electrons. The van der Waals surface area contributed by atoms with Crippen molar-refractivity contribution < 1.29 is 39.9 Å². The summed E-state index contributed by atoms with van der Waals surface area (Å²) >= 11 is 0. The SMILES string of the molecule is CCC1(C)c2cccc(O)c2C(O)=C2C(=O)[C@@]3(O)C(O)=C(C(N)=O)C(=O)[C@H](N(C)C)[C@H]3[C@H](O)[C@H]21. The van der Waals surface area contributed by atoms with E-state index in [0.29, 0.717) is 12.0 Å². The number of carbonyl (C=O) groups is 3. The number of rotatable bonds is 3. The van der Waals surface area contributed by atoms with Gasteiger partial charge in [-0.25, -0.2) is 0 Å². The fraction of sp³-hybridized carbons (Fsp3) is 0.458. The largest absolute Gasteiger partial charge is 0.508 e. The topological polar surface area (TPSA) is 182 Å². The Morgan fingerprint density at radius 3 is 2.32 bits per heavy atom. The standard InChI is InChI=1S/C24H28N2O8/c1-5-23(2)9-7-6-8-10(27)11(9)17(28)12-14(23)19(30)15-16(26(3)4)18(29)13(22(25)33)21(32)24(15,34)20(12)31/h6-8,14-16,19,27-28,30,32,34H,5H2,1-4H3,(H2,25,33)/t14-,15-,16+,19+,23?,24+/m0/s1. The lowest BCUT2D eigenvalue weighted by molar-refractivity contribution is -0.172. The fourth-order valence-electron chi connectivity index (χ4n) is 6.14. The van der Waals surface area contributed by atoms with E-state index >= 15 is 0 Å². The highest BCUT2D eigenvalue weighted by Gasteiger charge is 2.69. The van der Waals surface area contributed by atoms with Crippen molar-refractivity contribution in [1.82, 2.24) is 4.90 Å². The summed E-state index contributed by atoms with van der Waals surface area (Å²) in [6.07, 6.45) is -1.26. The van der Waals surface area contributed by atoms with Crippen molar-refractivity contribution in [2.75, 3.05) is 14.1 Å². The summed E-state index contributed by atoms with van der Waals surface area (Å²) in [5.41, 5.74) is 0.519. The molecule has 1 unspecified atom stereocenters. The lowest BCUT2D eigenvalue weighted by Gasteiger charge is -2.56. The minimum absolute atomic E-state index is 0.0182. The second kappa shape index (κ2) is 7.39. The Balaban J connectivity index is 2.12. The molecule has 7 N–H and O–H groups in total. The molecule has 6 atom stereocenters. The zero-order valence-corrected chi connectivity index (χ0v) is 19.2. The number of hydrogen-bond donors (Lipinski definition) is 6. The van der Waals surface area contributed by atoms with E-state index in [1.165, 1.54) is 25.1 Å². The van der Waals surface area contributed by atoms with Crippen LogP contribution in [0.3, 0.4) is 0 Å². The number of carbonyl (C=O) groups excluding carboxylic acids is 3. The van der Waals surface area contributed by atoms with Crippen molar-refractivity contribution in [1.29, 1.82) is 0 Å². The third-order valence-electron chi connectivity index (χ3n) is 7.92. The molecule has 182 valence electrons. The lowest BCUT2D eigenvalue weighted by atomic mass is 9.50. The average molecular weight is 472 g/mol. The van der Waals surface area contributed by atoms with Gasteiger partial charge in [0.2, 0.25) is 5.78 Å². The number of phenolic OH excluding ortho intramolecular Hbond substituents is 1. The molecule has 3 aliphatic rings. The number of nitrogens with zero attached hydrogens (tertiary/aromatic N) is 1. The first-order chi connectivity index (χ1) is 15.8. The molecule has 1 aromatic rings. The van der Waals surface area contributed by atoms with Gasteiger partial charge in [0.05, 0.1) is 23.6 Å². The van der Waals surface area contributed by atoms with Gasteiger partial charge in [-0.2, -0.15) is 0 Å². The average Bonchev–Trinajstić information content (AvgIpc) is 2.76. The van der Waals surface area contributed by atoms with Gasteiger partial charge in [-0.15, -0.1) is 0 Å². The van der Waals surface area contributed by atoms with E-state index in [1.54, 1.807) is 19.1 Å². The van der Waals surface area contributed by atoms with Crippen LogP contribution in [0, 0.1) is 11.8 Å². The van der Waals surface area contributed by atoms with Crippen LogP contribution in [0.4, 0.5) is 0 Å². The van der Waals surface area contributed by atoms with Gasteiger partial charge in [0.1, 0.15) is 22.8 Å². The number of aromatic hydroxyl groups is 1. The molecule has 0 spiro atoms. The fourth-order valence-corrected chi connectivity index (χ4v) is 6.14. The first-order valence-corrected chi connectivity index (χ1v) is 10.9. The van der Waals surface area contributed by atoms with E-state index in [9.17, 15) is 39.9 Å². The van der Waals surface area contributed by atoms with Crippen LogP contribution in [0.1, 0.15) is 31.4 Å². The smallest absolute Gasteiger partial charge is 0.255 e. The number of benzene rings is 1. The van der Waals surface area contributed by atoms with Gasteiger partial charge in [0, 0.05) is 16.9 Å². The zero-order valence-electron chi connectivity index (χ0n) is 19.2. The number of nitrogens with two attached hydrogens (primary N) is 1. The Hall–Kier alpha value is -3.21. The van der Waals surface area contributed by atoms with Gasteiger partial charge in [-0.1, -0.05) is 26.0 Å².